The van der Waals surface area contributed by atoms with Gasteiger partial charge < -0.3 is 14.6 Å². The lowest BCUT2D eigenvalue weighted by atomic mass is 9.94. The van der Waals surface area contributed by atoms with E-state index in [0.29, 0.717) is 17.5 Å². The van der Waals surface area contributed by atoms with E-state index in [1.54, 1.807) is 19.9 Å². The van der Waals surface area contributed by atoms with E-state index in [1.165, 1.54) is 24.8 Å². The van der Waals surface area contributed by atoms with Gasteiger partial charge in [0.05, 0.1) is 26.6 Å². The largest absolute Gasteiger partial charge is 0.416 e. The zero-order chi connectivity index (χ0) is 23.9. The van der Waals surface area contributed by atoms with Crippen molar-refractivity contribution in [3.05, 3.63) is 47.3 Å². The number of halogens is 3. The summed E-state index contributed by atoms with van der Waals surface area (Å²) in [6, 6.07) is 5.43. The minimum Gasteiger partial charge on any atom is -0.384 e. The van der Waals surface area contributed by atoms with E-state index in [9.17, 15) is 26.7 Å². The summed E-state index contributed by atoms with van der Waals surface area (Å²) in [5.74, 6) is 0. The fourth-order valence-electron chi connectivity index (χ4n) is 3.74. The molecule has 11 heteroatoms. The van der Waals surface area contributed by atoms with Crippen molar-refractivity contribution in [1.82, 2.24) is 9.78 Å². The Morgan fingerprint density at radius 2 is 2.00 bits per heavy atom. The van der Waals surface area contributed by atoms with Gasteiger partial charge in [-0.3, -0.25) is 0 Å². The summed E-state index contributed by atoms with van der Waals surface area (Å²) in [5.41, 5.74) is -1.37. The second kappa shape index (κ2) is 8.44. The molecular formula is C21H27F3N2O5S. The number of benzene rings is 1. The van der Waals surface area contributed by atoms with E-state index < -0.39 is 38.0 Å². The monoisotopic (exact) mass is 476 g/mol. The Morgan fingerprint density at radius 1 is 1.31 bits per heavy atom. The van der Waals surface area contributed by atoms with Gasteiger partial charge in [-0.15, -0.1) is 0 Å². The summed E-state index contributed by atoms with van der Waals surface area (Å²) >= 11 is 0. The molecule has 178 valence electrons. The van der Waals surface area contributed by atoms with Crippen LogP contribution in [0.1, 0.15) is 56.7 Å². The number of rotatable bonds is 6. The number of aromatic nitrogens is 2. The lowest BCUT2D eigenvalue weighted by Crippen LogP contribution is -2.42. The van der Waals surface area contributed by atoms with E-state index >= 15 is 0 Å². The maximum atomic E-state index is 13.4. The van der Waals surface area contributed by atoms with Crippen molar-refractivity contribution in [1.29, 1.82) is 0 Å². The van der Waals surface area contributed by atoms with Crippen molar-refractivity contribution in [3.8, 4) is 0 Å². The Kier molecular flexibility index (Phi) is 6.51. The molecule has 0 aliphatic carbocycles. The summed E-state index contributed by atoms with van der Waals surface area (Å²) in [7, 11) is -2.65. The lowest BCUT2D eigenvalue weighted by molar-refractivity contribution is -0.137. The molecule has 1 aliphatic rings. The topological polar surface area (TPSA) is 90.6 Å². The SMILES string of the molecule is COCn1nc(C(C)(C)O)cc1C1CC(C)(S(=O)(=O)c2cccc(C(F)(F)F)c2)CCO1. The molecular weight excluding hydrogens is 449 g/mol. The lowest BCUT2D eigenvalue weighted by Gasteiger charge is -2.37. The second-order valence-corrected chi connectivity index (χ2v) is 11.2. The van der Waals surface area contributed by atoms with Crippen LogP contribution in [0.3, 0.4) is 0 Å². The van der Waals surface area contributed by atoms with Gasteiger partial charge in [0.25, 0.3) is 0 Å². The molecule has 1 saturated heterocycles. The van der Waals surface area contributed by atoms with Crippen LogP contribution in [0.5, 0.6) is 0 Å². The second-order valence-electron chi connectivity index (χ2n) is 8.72. The van der Waals surface area contributed by atoms with E-state index in [4.69, 9.17) is 9.47 Å². The van der Waals surface area contributed by atoms with E-state index in [2.05, 4.69) is 5.10 Å². The molecule has 2 atom stereocenters. The van der Waals surface area contributed by atoms with Gasteiger partial charge in [0, 0.05) is 13.7 Å². The quantitative estimate of drug-likeness (QED) is 0.682. The van der Waals surface area contributed by atoms with Crippen LogP contribution < -0.4 is 0 Å². The van der Waals surface area contributed by atoms with Crippen LogP contribution in [0.2, 0.25) is 0 Å². The van der Waals surface area contributed by atoms with Gasteiger partial charge in [0.2, 0.25) is 0 Å². The first kappa shape index (κ1) is 24.7. The van der Waals surface area contributed by atoms with Crippen molar-refractivity contribution in [3.63, 3.8) is 0 Å². The van der Waals surface area contributed by atoms with Crippen LogP contribution >= 0.6 is 0 Å². The number of alkyl halides is 3. The first-order valence-electron chi connectivity index (χ1n) is 10.0. The number of hydrogen-bond acceptors (Lipinski definition) is 6. The van der Waals surface area contributed by atoms with Gasteiger partial charge >= 0.3 is 6.18 Å². The molecule has 1 aromatic heterocycles. The number of nitrogens with zero attached hydrogens (tertiary/aromatic N) is 2. The molecule has 7 nitrogen and oxygen atoms in total. The Balaban J connectivity index is 1.98. The number of sulfone groups is 1. The summed E-state index contributed by atoms with van der Waals surface area (Å²) in [4.78, 5) is -0.377. The van der Waals surface area contributed by atoms with Crippen molar-refractivity contribution < 1.29 is 36.2 Å². The van der Waals surface area contributed by atoms with Gasteiger partial charge in [-0.05, 0) is 57.9 Å². The number of aliphatic hydroxyl groups is 1. The standard InChI is InChI=1S/C21H27F3N2O5S/c1-19(2,27)18-11-16(26(25-18)13-30-4)17-12-20(3,8-9-31-17)32(28,29)15-7-5-6-14(10-15)21(22,23)24/h5-7,10-11,17,27H,8-9,12-13H2,1-4H3. The highest BCUT2D eigenvalue weighted by atomic mass is 32.2. The van der Waals surface area contributed by atoms with Crippen LogP contribution in [-0.2, 0) is 37.8 Å². The molecule has 1 aliphatic heterocycles. The Hall–Kier alpha value is -1.95. The van der Waals surface area contributed by atoms with Crippen molar-refractivity contribution >= 4 is 9.84 Å². The molecule has 0 bridgehead atoms. The van der Waals surface area contributed by atoms with Crippen LogP contribution in [0, 0.1) is 0 Å². The van der Waals surface area contributed by atoms with Gasteiger partial charge in [0.15, 0.2) is 9.84 Å². The average molecular weight is 477 g/mol. The van der Waals surface area contributed by atoms with Crippen molar-refractivity contribution in [2.45, 2.75) is 67.9 Å². The van der Waals surface area contributed by atoms with Gasteiger partial charge in [-0.1, -0.05) is 6.07 Å². The molecule has 0 spiro atoms. The highest BCUT2D eigenvalue weighted by molar-refractivity contribution is 7.92. The minimum absolute atomic E-state index is 0.00623. The zero-order valence-corrected chi connectivity index (χ0v) is 19.1. The molecule has 0 amide bonds. The van der Waals surface area contributed by atoms with Gasteiger partial charge in [-0.25, -0.2) is 13.1 Å². The highest BCUT2D eigenvalue weighted by Gasteiger charge is 2.46. The smallest absolute Gasteiger partial charge is 0.384 e. The maximum absolute atomic E-state index is 13.4. The predicted octanol–water partition coefficient (Wildman–Crippen LogP) is 3.82. The summed E-state index contributed by atoms with van der Waals surface area (Å²) < 4.78 is 77.4. The number of ether oxygens (including phenoxy) is 2. The van der Waals surface area contributed by atoms with E-state index in [1.807, 2.05) is 0 Å². The summed E-state index contributed by atoms with van der Waals surface area (Å²) in [6.45, 7) is 4.81. The van der Waals surface area contributed by atoms with E-state index in [-0.39, 0.29) is 31.1 Å². The molecule has 2 unspecified atom stereocenters. The molecule has 1 aromatic carbocycles. The molecule has 3 rings (SSSR count). The molecule has 2 aromatic rings. The Morgan fingerprint density at radius 3 is 2.59 bits per heavy atom. The molecule has 0 saturated carbocycles. The molecule has 32 heavy (non-hydrogen) atoms. The van der Waals surface area contributed by atoms with Gasteiger partial charge in [0.1, 0.15) is 18.4 Å². The maximum Gasteiger partial charge on any atom is 0.416 e. The third-order valence-electron chi connectivity index (χ3n) is 5.71. The zero-order valence-electron chi connectivity index (χ0n) is 18.3. The van der Waals surface area contributed by atoms with Crippen LogP contribution in [0.25, 0.3) is 0 Å². The Bertz CT molecular complexity index is 1080. The molecule has 0 radical (unpaired) electrons. The first-order valence-corrected chi connectivity index (χ1v) is 11.5. The normalized spacial score (nSPS) is 22.8. The third kappa shape index (κ3) is 4.70. The first-order chi connectivity index (χ1) is 14.7. The summed E-state index contributed by atoms with van der Waals surface area (Å²) in [6.07, 6.45) is -5.22. The minimum atomic E-state index is -4.65. The number of methoxy groups -OCH3 is 1. The average Bonchev–Trinajstić information content (AvgIpc) is 3.12. The predicted molar refractivity (Wildman–Crippen MR) is 109 cm³/mol. The number of hydrogen-bond donors (Lipinski definition) is 1. The highest BCUT2D eigenvalue weighted by Crippen LogP contribution is 2.43. The van der Waals surface area contributed by atoms with E-state index in [0.717, 1.165) is 12.1 Å². The molecule has 1 fully saturated rings. The Labute approximate surface area is 185 Å². The van der Waals surface area contributed by atoms with Crippen LogP contribution in [-0.4, -0.2) is 41.8 Å². The third-order valence-corrected chi connectivity index (χ3v) is 8.25. The van der Waals surface area contributed by atoms with Crippen LogP contribution in [0.15, 0.2) is 35.2 Å². The van der Waals surface area contributed by atoms with Crippen molar-refractivity contribution in [2.24, 2.45) is 0 Å². The van der Waals surface area contributed by atoms with Gasteiger partial charge in [-0.2, -0.15) is 18.3 Å². The summed E-state index contributed by atoms with van der Waals surface area (Å²) in [5, 5.41) is 14.7. The fourth-order valence-corrected chi connectivity index (χ4v) is 5.58. The molecule has 2 heterocycles. The fraction of sp³-hybridized carbons (Fsp3) is 0.571. The van der Waals surface area contributed by atoms with Crippen molar-refractivity contribution in [2.75, 3.05) is 13.7 Å². The van der Waals surface area contributed by atoms with Crippen LogP contribution in [0.4, 0.5) is 13.2 Å². The molecule has 1 N–H and O–H groups in total.